The minimum atomic E-state index is 0.215. The van der Waals surface area contributed by atoms with Gasteiger partial charge in [-0.2, -0.15) is 5.26 Å². The van der Waals surface area contributed by atoms with Crippen molar-refractivity contribution in [1.29, 1.82) is 5.26 Å². The van der Waals surface area contributed by atoms with Crippen molar-refractivity contribution >= 4 is 17.2 Å². The van der Waals surface area contributed by atoms with E-state index < -0.39 is 0 Å². The lowest BCUT2D eigenvalue weighted by Gasteiger charge is -2.21. The van der Waals surface area contributed by atoms with E-state index in [0.29, 0.717) is 17.4 Å². The van der Waals surface area contributed by atoms with Crippen LogP contribution in [0, 0.1) is 17.2 Å². The van der Waals surface area contributed by atoms with Gasteiger partial charge < -0.3 is 5.32 Å². The minimum absolute atomic E-state index is 0.215. The first-order valence-corrected chi connectivity index (χ1v) is 6.60. The Labute approximate surface area is 110 Å². The molecule has 1 unspecified atom stereocenters. The van der Waals surface area contributed by atoms with E-state index >= 15 is 0 Å². The predicted molar refractivity (Wildman–Crippen MR) is 72.3 cm³/mol. The third-order valence-electron chi connectivity index (χ3n) is 2.59. The molecule has 18 heavy (non-hydrogen) atoms. The van der Waals surface area contributed by atoms with E-state index in [-0.39, 0.29) is 6.04 Å². The number of anilines is 1. The molecule has 0 spiro atoms. The Hall–Kier alpha value is -1.93. The molecule has 2 aromatic rings. The van der Waals surface area contributed by atoms with Crippen molar-refractivity contribution in [3.05, 3.63) is 40.5 Å². The molecule has 4 nitrogen and oxygen atoms in total. The molecule has 5 heteroatoms. The molecular formula is C13H14N4S. The van der Waals surface area contributed by atoms with Crippen molar-refractivity contribution in [2.45, 2.75) is 19.9 Å². The third-order valence-corrected chi connectivity index (χ3v) is 3.54. The molecule has 2 rings (SSSR count). The SMILES string of the molecule is CC(C)C(Nc1cnc(C#N)cn1)c1cccs1. The number of nitrogens with zero attached hydrogens (tertiary/aromatic N) is 3. The highest BCUT2D eigenvalue weighted by molar-refractivity contribution is 7.10. The number of aromatic nitrogens is 2. The zero-order valence-electron chi connectivity index (χ0n) is 10.3. The normalized spacial score (nSPS) is 12.1. The van der Waals surface area contributed by atoms with Crippen LogP contribution in [0.2, 0.25) is 0 Å². The van der Waals surface area contributed by atoms with Crippen molar-refractivity contribution < 1.29 is 0 Å². The molecule has 0 saturated heterocycles. The summed E-state index contributed by atoms with van der Waals surface area (Å²) in [6, 6.07) is 6.33. The van der Waals surface area contributed by atoms with Gasteiger partial charge in [-0.15, -0.1) is 11.3 Å². The molecule has 0 aliphatic rings. The van der Waals surface area contributed by atoms with Crippen LogP contribution in [0.3, 0.4) is 0 Å². The summed E-state index contributed by atoms with van der Waals surface area (Å²) in [5, 5.41) is 14.1. The van der Waals surface area contributed by atoms with Crippen LogP contribution < -0.4 is 5.32 Å². The van der Waals surface area contributed by atoms with E-state index in [0.717, 1.165) is 0 Å². The number of rotatable bonds is 4. The Morgan fingerprint density at radius 3 is 2.67 bits per heavy atom. The Morgan fingerprint density at radius 1 is 1.33 bits per heavy atom. The van der Waals surface area contributed by atoms with Crippen LogP contribution in [0.15, 0.2) is 29.9 Å². The minimum Gasteiger partial charge on any atom is -0.361 e. The average molecular weight is 258 g/mol. The summed E-state index contributed by atoms with van der Waals surface area (Å²) in [5.41, 5.74) is 0.331. The molecule has 0 aliphatic carbocycles. The fourth-order valence-corrected chi connectivity index (χ4v) is 2.60. The Morgan fingerprint density at radius 2 is 2.17 bits per heavy atom. The first-order chi connectivity index (χ1) is 8.70. The molecular weight excluding hydrogens is 244 g/mol. The van der Waals surface area contributed by atoms with Gasteiger partial charge in [0.2, 0.25) is 0 Å². The van der Waals surface area contributed by atoms with Gasteiger partial charge in [0.05, 0.1) is 18.4 Å². The number of thiophene rings is 1. The van der Waals surface area contributed by atoms with Crippen molar-refractivity contribution in [3.8, 4) is 6.07 Å². The molecule has 1 atom stereocenters. The second-order valence-corrected chi connectivity index (χ2v) is 5.26. The first kappa shape index (κ1) is 12.5. The summed E-state index contributed by atoms with van der Waals surface area (Å²) in [6.45, 7) is 4.32. The lowest BCUT2D eigenvalue weighted by molar-refractivity contribution is 0.552. The summed E-state index contributed by atoms with van der Waals surface area (Å²) in [4.78, 5) is 9.47. The van der Waals surface area contributed by atoms with Gasteiger partial charge in [0.25, 0.3) is 0 Å². The van der Waals surface area contributed by atoms with Crippen LogP contribution in [0.4, 0.5) is 5.82 Å². The molecule has 0 aromatic carbocycles. The van der Waals surface area contributed by atoms with Gasteiger partial charge in [0.15, 0.2) is 5.69 Å². The average Bonchev–Trinajstić information content (AvgIpc) is 2.90. The van der Waals surface area contributed by atoms with Gasteiger partial charge in [0, 0.05) is 4.88 Å². The molecule has 1 N–H and O–H groups in total. The van der Waals surface area contributed by atoms with Gasteiger partial charge in [-0.1, -0.05) is 19.9 Å². The molecule has 2 heterocycles. The van der Waals surface area contributed by atoms with Crippen molar-refractivity contribution in [1.82, 2.24) is 9.97 Å². The van der Waals surface area contributed by atoms with Gasteiger partial charge in [-0.3, -0.25) is 0 Å². The number of hydrogen-bond acceptors (Lipinski definition) is 5. The quantitative estimate of drug-likeness (QED) is 0.914. The van der Waals surface area contributed by atoms with E-state index in [9.17, 15) is 0 Å². The molecule has 92 valence electrons. The zero-order chi connectivity index (χ0) is 13.0. The summed E-state index contributed by atoms with van der Waals surface area (Å²) < 4.78 is 0. The summed E-state index contributed by atoms with van der Waals surface area (Å²) in [6.07, 6.45) is 3.08. The largest absolute Gasteiger partial charge is 0.361 e. The van der Waals surface area contributed by atoms with E-state index in [1.807, 2.05) is 12.1 Å². The molecule has 0 radical (unpaired) electrons. The lowest BCUT2D eigenvalue weighted by Crippen LogP contribution is -2.16. The van der Waals surface area contributed by atoms with Crippen LogP contribution in [0.1, 0.15) is 30.5 Å². The van der Waals surface area contributed by atoms with E-state index in [1.165, 1.54) is 11.1 Å². The molecule has 0 bridgehead atoms. The molecule has 0 fully saturated rings. The second kappa shape index (κ2) is 5.61. The molecule has 0 saturated carbocycles. The van der Waals surface area contributed by atoms with E-state index in [4.69, 9.17) is 5.26 Å². The number of nitrogens with one attached hydrogen (secondary N) is 1. The Bertz CT molecular complexity index is 525. The van der Waals surface area contributed by atoms with Gasteiger partial charge >= 0.3 is 0 Å². The first-order valence-electron chi connectivity index (χ1n) is 5.73. The van der Waals surface area contributed by atoms with Gasteiger partial charge in [-0.05, 0) is 17.4 Å². The van der Waals surface area contributed by atoms with Crippen LogP contribution in [0.5, 0.6) is 0 Å². The maximum absolute atomic E-state index is 8.68. The summed E-state index contributed by atoms with van der Waals surface area (Å²) in [7, 11) is 0. The summed E-state index contributed by atoms with van der Waals surface area (Å²) in [5.74, 6) is 1.14. The highest BCUT2D eigenvalue weighted by Gasteiger charge is 2.17. The monoisotopic (exact) mass is 258 g/mol. The molecule has 0 aliphatic heterocycles. The molecule has 2 aromatic heterocycles. The maximum Gasteiger partial charge on any atom is 0.158 e. The van der Waals surface area contributed by atoms with Gasteiger partial charge in [0.1, 0.15) is 11.9 Å². The van der Waals surface area contributed by atoms with Crippen LogP contribution in [-0.4, -0.2) is 9.97 Å². The highest BCUT2D eigenvalue weighted by atomic mass is 32.1. The van der Waals surface area contributed by atoms with Crippen LogP contribution >= 0.6 is 11.3 Å². The third kappa shape index (κ3) is 2.84. The fraction of sp³-hybridized carbons (Fsp3) is 0.308. The summed E-state index contributed by atoms with van der Waals surface area (Å²) >= 11 is 1.72. The fourth-order valence-electron chi connectivity index (χ4n) is 1.65. The number of hydrogen-bond donors (Lipinski definition) is 1. The zero-order valence-corrected chi connectivity index (χ0v) is 11.1. The smallest absolute Gasteiger partial charge is 0.158 e. The highest BCUT2D eigenvalue weighted by Crippen LogP contribution is 2.28. The van der Waals surface area contributed by atoms with Crippen LogP contribution in [-0.2, 0) is 0 Å². The van der Waals surface area contributed by atoms with Crippen LogP contribution in [0.25, 0.3) is 0 Å². The Kier molecular flexibility index (Phi) is 3.90. The number of nitriles is 1. The standard InChI is InChI=1S/C13H14N4S/c1-9(2)13(11-4-3-5-18-11)17-12-8-15-10(6-14)7-16-12/h3-5,7-9,13H,1-2H3,(H,16,17). The van der Waals surface area contributed by atoms with Crippen molar-refractivity contribution in [2.75, 3.05) is 5.32 Å². The van der Waals surface area contributed by atoms with Gasteiger partial charge in [-0.25, -0.2) is 9.97 Å². The van der Waals surface area contributed by atoms with E-state index in [2.05, 4.69) is 40.6 Å². The predicted octanol–water partition coefficient (Wildman–Crippen LogP) is 3.22. The maximum atomic E-state index is 8.68. The van der Waals surface area contributed by atoms with Crippen molar-refractivity contribution in [3.63, 3.8) is 0 Å². The Balaban J connectivity index is 2.16. The molecule has 0 amide bonds. The van der Waals surface area contributed by atoms with Crippen molar-refractivity contribution in [2.24, 2.45) is 5.92 Å². The lowest BCUT2D eigenvalue weighted by atomic mass is 10.0. The van der Waals surface area contributed by atoms with E-state index in [1.54, 1.807) is 17.5 Å². The topological polar surface area (TPSA) is 61.6 Å². The second-order valence-electron chi connectivity index (χ2n) is 4.28.